The van der Waals surface area contributed by atoms with E-state index in [-0.39, 0.29) is 0 Å². The van der Waals surface area contributed by atoms with Gasteiger partial charge in [0.1, 0.15) is 0 Å². The predicted octanol–water partition coefficient (Wildman–Crippen LogP) is 4.27. The lowest BCUT2D eigenvalue weighted by atomic mass is 10.1. The number of nitrogens with one attached hydrogen (secondary N) is 1. The minimum Gasteiger partial charge on any atom is -0.323 e. The largest absolute Gasteiger partial charge is 0.323 e. The lowest BCUT2D eigenvalue weighted by molar-refractivity contribution is 0.668. The highest BCUT2D eigenvalue weighted by molar-refractivity contribution is 7.10. The quantitative estimate of drug-likeness (QED) is 0.733. The van der Waals surface area contributed by atoms with Crippen LogP contribution < -0.4 is 5.32 Å². The van der Waals surface area contributed by atoms with E-state index < -0.39 is 0 Å². The van der Waals surface area contributed by atoms with E-state index in [4.69, 9.17) is 0 Å². The van der Waals surface area contributed by atoms with Gasteiger partial charge in [0.15, 0.2) is 0 Å². The van der Waals surface area contributed by atoms with Crippen molar-refractivity contribution in [2.45, 2.75) is 52.4 Å². The Morgan fingerprint density at radius 2 is 1.81 bits per heavy atom. The molecular formula is C14H27NS. The second-order valence-electron chi connectivity index (χ2n) is 4.03. The van der Waals surface area contributed by atoms with Crippen LogP contribution in [0.1, 0.15) is 50.0 Å². The van der Waals surface area contributed by atoms with E-state index in [0.29, 0.717) is 0 Å². The first kappa shape index (κ1) is 15.7. The Hall–Kier alpha value is -0.340. The first-order valence-corrected chi connectivity index (χ1v) is 7.31. The third kappa shape index (κ3) is 7.02. The molecule has 0 radical (unpaired) electrons. The molecule has 2 heteroatoms. The van der Waals surface area contributed by atoms with Crippen LogP contribution in [0.2, 0.25) is 0 Å². The molecule has 0 atom stereocenters. The fraction of sp³-hybridized carbons (Fsp3) is 0.714. The summed E-state index contributed by atoms with van der Waals surface area (Å²) in [7, 11) is 3.75. The molecular weight excluding hydrogens is 214 g/mol. The average Bonchev–Trinajstić information content (AvgIpc) is 2.73. The zero-order valence-corrected chi connectivity index (χ0v) is 12.1. The van der Waals surface area contributed by atoms with Gasteiger partial charge in [-0.05, 0) is 50.4 Å². The minimum absolute atomic E-state index is 1.20. The van der Waals surface area contributed by atoms with E-state index in [9.17, 15) is 0 Å². The number of hydrogen-bond acceptors (Lipinski definition) is 2. The molecule has 1 aromatic heterocycles. The van der Waals surface area contributed by atoms with Crippen LogP contribution in [0.25, 0.3) is 0 Å². The number of hydrogen-bond donors (Lipinski definition) is 1. The summed E-state index contributed by atoms with van der Waals surface area (Å²) in [6.07, 6.45) is 8.02. The Labute approximate surface area is 105 Å². The molecule has 1 rings (SSSR count). The summed E-state index contributed by atoms with van der Waals surface area (Å²) in [5.74, 6) is 0. The predicted molar refractivity (Wildman–Crippen MR) is 76.5 cm³/mol. The van der Waals surface area contributed by atoms with Crippen LogP contribution in [0.4, 0.5) is 0 Å². The third-order valence-electron chi connectivity index (χ3n) is 2.48. The van der Waals surface area contributed by atoms with Gasteiger partial charge in [-0.1, -0.05) is 33.1 Å². The number of aryl methyl sites for hydroxylation is 2. The minimum atomic E-state index is 1.20. The van der Waals surface area contributed by atoms with Gasteiger partial charge in [0, 0.05) is 4.88 Å². The standard InChI is InChI=1S/C12H20S.C2H7N/c1-3-5-6-7-8-12-11(4-2)9-10-13-12;1-3-2/h9-10H,3-8H2,1-2H3;3H,1-2H3. The van der Waals surface area contributed by atoms with E-state index in [1.807, 2.05) is 25.4 Å². The zero-order valence-electron chi connectivity index (χ0n) is 11.3. The van der Waals surface area contributed by atoms with Crippen molar-refractivity contribution in [3.05, 3.63) is 21.9 Å². The molecule has 1 aromatic rings. The Morgan fingerprint density at radius 1 is 1.12 bits per heavy atom. The Bertz CT molecular complexity index is 243. The summed E-state index contributed by atoms with van der Waals surface area (Å²) in [5.41, 5.74) is 1.57. The van der Waals surface area contributed by atoms with Crippen molar-refractivity contribution in [3.8, 4) is 0 Å². The molecule has 1 heterocycles. The maximum atomic E-state index is 2.75. The molecule has 0 spiro atoms. The zero-order chi connectivity index (χ0) is 12.2. The number of rotatable bonds is 6. The van der Waals surface area contributed by atoms with Gasteiger partial charge in [0.25, 0.3) is 0 Å². The summed E-state index contributed by atoms with van der Waals surface area (Å²) in [5, 5.41) is 4.98. The van der Waals surface area contributed by atoms with E-state index in [1.54, 1.807) is 10.4 Å². The van der Waals surface area contributed by atoms with Gasteiger partial charge >= 0.3 is 0 Å². The molecule has 16 heavy (non-hydrogen) atoms. The second kappa shape index (κ2) is 11.2. The molecule has 1 nitrogen and oxygen atoms in total. The van der Waals surface area contributed by atoms with Crippen molar-refractivity contribution < 1.29 is 0 Å². The van der Waals surface area contributed by atoms with Gasteiger partial charge in [0.05, 0.1) is 0 Å². The molecule has 0 aliphatic heterocycles. The maximum absolute atomic E-state index is 2.75. The second-order valence-corrected chi connectivity index (χ2v) is 5.03. The van der Waals surface area contributed by atoms with Crippen molar-refractivity contribution in [2.75, 3.05) is 14.1 Å². The van der Waals surface area contributed by atoms with E-state index in [2.05, 4.69) is 30.6 Å². The topological polar surface area (TPSA) is 12.0 Å². The number of unbranched alkanes of at least 4 members (excludes halogenated alkanes) is 3. The fourth-order valence-electron chi connectivity index (χ4n) is 1.61. The van der Waals surface area contributed by atoms with Crippen LogP contribution in [0.5, 0.6) is 0 Å². The summed E-state index contributed by atoms with van der Waals surface area (Å²) in [4.78, 5) is 1.62. The summed E-state index contributed by atoms with van der Waals surface area (Å²) in [6, 6.07) is 2.28. The van der Waals surface area contributed by atoms with Crippen LogP contribution in [0, 0.1) is 0 Å². The summed E-state index contributed by atoms with van der Waals surface area (Å²) >= 11 is 1.93. The highest BCUT2D eigenvalue weighted by atomic mass is 32.1. The molecule has 0 aliphatic carbocycles. The molecule has 0 saturated carbocycles. The van der Waals surface area contributed by atoms with Crippen LogP contribution in [0.3, 0.4) is 0 Å². The molecule has 0 aromatic carbocycles. The van der Waals surface area contributed by atoms with E-state index >= 15 is 0 Å². The normalized spacial score (nSPS) is 9.75. The van der Waals surface area contributed by atoms with Gasteiger partial charge in [0.2, 0.25) is 0 Å². The highest BCUT2D eigenvalue weighted by Crippen LogP contribution is 2.20. The van der Waals surface area contributed by atoms with Crippen LogP contribution >= 0.6 is 11.3 Å². The highest BCUT2D eigenvalue weighted by Gasteiger charge is 2.01. The first-order valence-electron chi connectivity index (χ1n) is 6.43. The van der Waals surface area contributed by atoms with Crippen molar-refractivity contribution in [3.63, 3.8) is 0 Å². The van der Waals surface area contributed by atoms with Gasteiger partial charge in [-0.3, -0.25) is 0 Å². The van der Waals surface area contributed by atoms with Gasteiger partial charge in [-0.25, -0.2) is 0 Å². The smallest absolute Gasteiger partial charge is 0.00771 e. The van der Waals surface area contributed by atoms with Gasteiger partial charge in [-0.2, -0.15) is 0 Å². The molecule has 0 amide bonds. The third-order valence-corrected chi connectivity index (χ3v) is 3.50. The summed E-state index contributed by atoms with van der Waals surface area (Å²) < 4.78 is 0. The Balaban J connectivity index is 0.000000673. The van der Waals surface area contributed by atoms with Crippen molar-refractivity contribution in [2.24, 2.45) is 0 Å². The van der Waals surface area contributed by atoms with Crippen LogP contribution in [0.15, 0.2) is 11.4 Å². The first-order chi connectivity index (χ1) is 7.79. The van der Waals surface area contributed by atoms with Crippen molar-refractivity contribution in [1.29, 1.82) is 0 Å². The molecule has 94 valence electrons. The molecule has 0 saturated heterocycles. The Morgan fingerprint density at radius 3 is 2.38 bits per heavy atom. The lowest BCUT2D eigenvalue weighted by Crippen LogP contribution is -1.89. The SMILES string of the molecule is CCCCCCc1sccc1CC.CNC. The lowest BCUT2D eigenvalue weighted by Gasteiger charge is -2.00. The van der Waals surface area contributed by atoms with Crippen molar-refractivity contribution in [1.82, 2.24) is 5.32 Å². The van der Waals surface area contributed by atoms with Crippen LogP contribution in [-0.2, 0) is 12.8 Å². The van der Waals surface area contributed by atoms with E-state index in [0.717, 1.165) is 0 Å². The molecule has 0 unspecified atom stereocenters. The van der Waals surface area contributed by atoms with Gasteiger partial charge < -0.3 is 5.32 Å². The molecule has 0 aliphatic rings. The summed E-state index contributed by atoms with van der Waals surface area (Å²) in [6.45, 7) is 4.51. The Kier molecular flexibility index (Phi) is 10.9. The average molecular weight is 241 g/mol. The molecule has 0 bridgehead atoms. The molecule has 1 N–H and O–H groups in total. The van der Waals surface area contributed by atoms with E-state index in [1.165, 1.54) is 38.5 Å². The fourth-order valence-corrected chi connectivity index (χ4v) is 2.64. The van der Waals surface area contributed by atoms with Gasteiger partial charge in [-0.15, -0.1) is 11.3 Å². The molecule has 0 fully saturated rings. The van der Waals surface area contributed by atoms with Crippen molar-refractivity contribution >= 4 is 11.3 Å². The maximum Gasteiger partial charge on any atom is 0.00771 e. The number of thiophene rings is 1. The van der Waals surface area contributed by atoms with Crippen LogP contribution in [-0.4, -0.2) is 14.1 Å². The monoisotopic (exact) mass is 241 g/mol.